The molecule has 224 valence electrons. The number of carbonyl (C=O) groups is 2. The van der Waals surface area contributed by atoms with Crippen LogP contribution >= 0.6 is 46.4 Å². The second-order valence-electron chi connectivity index (χ2n) is 10.8. The predicted molar refractivity (Wildman–Crippen MR) is 172 cm³/mol. The fraction of sp³-hybridized carbons (Fsp3) is 0.229. The number of aliphatic hydroxyl groups is 1. The van der Waals surface area contributed by atoms with Crippen LogP contribution < -0.4 is 0 Å². The van der Waals surface area contributed by atoms with Crippen LogP contribution in [0.4, 0.5) is 0 Å². The van der Waals surface area contributed by atoms with Crippen molar-refractivity contribution < 1.29 is 19.4 Å². The van der Waals surface area contributed by atoms with Gasteiger partial charge in [-0.05, 0) is 54.3 Å². The fourth-order valence-electron chi connectivity index (χ4n) is 6.51. The van der Waals surface area contributed by atoms with Crippen molar-refractivity contribution in [1.29, 1.82) is 5.26 Å². The number of esters is 1. The Morgan fingerprint density at radius 2 is 1.39 bits per heavy atom. The smallest absolute Gasteiger partial charge is 0.327 e. The van der Waals surface area contributed by atoms with E-state index < -0.39 is 40.5 Å². The zero-order valence-electron chi connectivity index (χ0n) is 23.5. The van der Waals surface area contributed by atoms with Crippen LogP contribution in [0.25, 0.3) is 0 Å². The van der Waals surface area contributed by atoms with E-state index in [1.165, 1.54) is 6.07 Å². The predicted octanol–water partition coefficient (Wildman–Crippen LogP) is 9.03. The van der Waals surface area contributed by atoms with Crippen molar-refractivity contribution in [3.63, 3.8) is 0 Å². The number of nitriles is 1. The van der Waals surface area contributed by atoms with Crippen LogP contribution in [0, 0.1) is 22.7 Å². The summed E-state index contributed by atoms with van der Waals surface area (Å²) in [4.78, 5) is 29.1. The first kappa shape index (κ1) is 32.0. The highest BCUT2D eigenvalue weighted by Gasteiger charge is 2.67. The van der Waals surface area contributed by atoms with Gasteiger partial charge in [-0.15, -0.1) is 0 Å². The topological polar surface area (TPSA) is 87.4 Å². The molecule has 4 aromatic rings. The second-order valence-corrected chi connectivity index (χ2v) is 12.4. The van der Waals surface area contributed by atoms with Crippen LogP contribution in [0.1, 0.15) is 52.2 Å². The summed E-state index contributed by atoms with van der Waals surface area (Å²) >= 11 is 25.6. The van der Waals surface area contributed by atoms with Crippen LogP contribution in [0.2, 0.25) is 20.1 Å². The lowest BCUT2D eigenvalue weighted by Gasteiger charge is -2.54. The molecule has 0 spiro atoms. The Balaban J connectivity index is 1.92. The van der Waals surface area contributed by atoms with Crippen LogP contribution in [0.15, 0.2) is 97.1 Å². The van der Waals surface area contributed by atoms with Gasteiger partial charge in [0.1, 0.15) is 5.60 Å². The summed E-state index contributed by atoms with van der Waals surface area (Å²) in [5, 5.41) is 25.1. The van der Waals surface area contributed by atoms with Crippen molar-refractivity contribution in [1.82, 2.24) is 0 Å². The zero-order chi connectivity index (χ0) is 31.6. The Labute approximate surface area is 275 Å². The molecule has 5 nitrogen and oxygen atoms in total. The van der Waals surface area contributed by atoms with Gasteiger partial charge in [0.25, 0.3) is 0 Å². The Kier molecular flexibility index (Phi) is 9.41. The van der Waals surface area contributed by atoms with Crippen molar-refractivity contribution in [2.24, 2.45) is 11.3 Å². The van der Waals surface area contributed by atoms with E-state index >= 15 is 0 Å². The summed E-state index contributed by atoms with van der Waals surface area (Å²) < 4.78 is 5.62. The standard InChI is InChI=1S/C35H27Cl4NO4/c1-2-44-33(42)34(20-40)25(22-13-15-26(36)28(38)17-22)19-35(43,24-11-7-4-8-12-24)31(32(41)21-9-5-3-6-10-21)30(34)23-14-16-27(37)29(39)18-23/h3-18,25,30-31,43H,2,19H2,1H3/t25-,30+,31+,34+,35+/m1/s1. The minimum absolute atomic E-state index is 0.0231. The fourth-order valence-corrected chi connectivity index (χ4v) is 7.13. The molecule has 1 saturated carbocycles. The van der Waals surface area contributed by atoms with Gasteiger partial charge in [0.05, 0.1) is 38.7 Å². The average molecular weight is 667 g/mol. The molecule has 0 aromatic heterocycles. The summed E-state index contributed by atoms with van der Waals surface area (Å²) in [5.41, 5.74) is -2.32. The molecule has 0 bridgehead atoms. The molecule has 0 heterocycles. The van der Waals surface area contributed by atoms with Crippen LogP contribution in [-0.2, 0) is 15.1 Å². The lowest BCUT2D eigenvalue weighted by Crippen LogP contribution is -2.59. The van der Waals surface area contributed by atoms with Gasteiger partial charge >= 0.3 is 5.97 Å². The van der Waals surface area contributed by atoms with E-state index in [0.717, 1.165) is 0 Å². The zero-order valence-corrected chi connectivity index (χ0v) is 26.5. The summed E-state index contributed by atoms with van der Waals surface area (Å²) in [7, 11) is 0. The lowest BCUT2D eigenvalue weighted by atomic mass is 9.47. The van der Waals surface area contributed by atoms with E-state index in [0.29, 0.717) is 22.3 Å². The van der Waals surface area contributed by atoms with Crippen molar-refractivity contribution in [2.75, 3.05) is 6.61 Å². The summed E-state index contributed by atoms with van der Waals surface area (Å²) in [6, 6.07) is 29.1. The number of ether oxygens (including phenoxy) is 1. The molecule has 4 aromatic carbocycles. The van der Waals surface area contributed by atoms with E-state index in [1.807, 2.05) is 0 Å². The molecule has 9 heteroatoms. The SMILES string of the molecule is CCOC(=O)[C@@]1(C#N)[C@@H](c2ccc(Cl)c(Cl)c2)C[C@](O)(c2ccccc2)[C@H](C(=O)c2ccccc2)[C@@H]1c1ccc(Cl)c(Cl)c1. The second kappa shape index (κ2) is 12.9. The number of rotatable bonds is 7. The summed E-state index contributed by atoms with van der Waals surface area (Å²) in [6.45, 7) is 1.62. The third-order valence-electron chi connectivity index (χ3n) is 8.46. The number of hydrogen-bond acceptors (Lipinski definition) is 5. The molecule has 0 radical (unpaired) electrons. The van der Waals surface area contributed by atoms with Gasteiger partial charge in [0.2, 0.25) is 0 Å². The number of Topliss-reactive ketones (excluding diaryl/α,β-unsaturated/α-hetero) is 1. The first-order valence-electron chi connectivity index (χ1n) is 13.9. The van der Waals surface area contributed by atoms with Gasteiger partial charge in [0, 0.05) is 17.4 Å². The minimum atomic E-state index is -2.03. The van der Waals surface area contributed by atoms with Gasteiger partial charge in [0.15, 0.2) is 11.2 Å². The van der Waals surface area contributed by atoms with Gasteiger partial charge < -0.3 is 9.84 Å². The maximum atomic E-state index is 14.7. The number of carbonyl (C=O) groups excluding carboxylic acids is 2. The van der Waals surface area contributed by atoms with E-state index in [-0.39, 0.29) is 33.1 Å². The number of halogens is 4. The van der Waals surface area contributed by atoms with Gasteiger partial charge in [-0.25, -0.2) is 0 Å². The average Bonchev–Trinajstić information content (AvgIpc) is 3.04. The molecular weight excluding hydrogens is 640 g/mol. The highest BCUT2D eigenvalue weighted by molar-refractivity contribution is 6.42. The molecule has 1 fully saturated rings. The third-order valence-corrected chi connectivity index (χ3v) is 9.94. The van der Waals surface area contributed by atoms with Crippen LogP contribution in [0.3, 0.4) is 0 Å². The molecule has 0 saturated heterocycles. The Morgan fingerprint density at radius 1 is 0.841 bits per heavy atom. The van der Waals surface area contributed by atoms with Crippen LogP contribution in [0.5, 0.6) is 0 Å². The number of nitrogens with zero attached hydrogens (tertiary/aromatic N) is 1. The highest BCUT2D eigenvalue weighted by Crippen LogP contribution is 2.64. The lowest BCUT2D eigenvalue weighted by molar-refractivity contribution is -0.164. The van der Waals surface area contributed by atoms with Gasteiger partial charge in [-0.3, -0.25) is 9.59 Å². The molecule has 1 N–H and O–H groups in total. The largest absolute Gasteiger partial charge is 0.465 e. The van der Waals surface area contributed by atoms with Crippen molar-refractivity contribution in [2.45, 2.75) is 30.8 Å². The van der Waals surface area contributed by atoms with Crippen molar-refractivity contribution in [3.05, 3.63) is 139 Å². The van der Waals surface area contributed by atoms with E-state index in [1.54, 1.807) is 97.9 Å². The normalized spacial score (nSPS) is 24.7. The third kappa shape index (κ3) is 5.51. The summed E-state index contributed by atoms with van der Waals surface area (Å²) in [5.74, 6) is -4.90. The Hall–Kier alpha value is -3.37. The van der Waals surface area contributed by atoms with Crippen molar-refractivity contribution in [3.8, 4) is 6.07 Å². The molecule has 0 unspecified atom stereocenters. The van der Waals surface area contributed by atoms with Gasteiger partial charge in [-0.1, -0.05) is 119 Å². The van der Waals surface area contributed by atoms with Crippen molar-refractivity contribution >= 4 is 58.2 Å². The van der Waals surface area contributed by atoms with E-state index in [2.05, 4.69) is 6.07 Å². The molecular formula is C35H27Cl4NO4. The monoisotopic (exact) mass is 665 g/mol. The Bertz CT molecular complexity index is 1740. The molecule has 0 amide bonds. The highest BCUT2D eigenvalue weighted by atomic mass is 35.5. The minimum Gasteiger partial charge on any atom is -0.465 e. The molecule has 1 aliphatic carbocycles. The quantitative estimate of drug-likeness (QED) is 0.157. The maximum Gasteiger partial charge on any atom is 0.327 e. The molecule has 5 atom stereocenters. The van der Waals surface area contributed by atoms with Gasteiger partial charge in [-0.2, -0.15) is 5.26 Å². The maximum absolute atomic E-state index is 14.7. The van der Waals surface area contributed by atoms with E-state index in [4.69, 9.17) is 51.1 Å². The van der Waals surface area contributed by atoms with E-state index in [9.17, 15) is 20.0 Å². The summed E-state index contributed by atoms with van der Waals surface area (Å²) in [6.07, 6.45) is -0.192. The number of ketones is 1. The van der Waals surface area contributed by atoms with Crippen LogP contribution in [-0.4, -0.2) is 23.5 Å². The first-order valence-corrected chi connectivity index (χ1v) is 15.4. The number of hydrogen-bond donors (Lipinski definition) is 1. The molecule has 0 aliphatic heterocycles. The number of benzene rings is 4. The molecule has 1 aliphatic rings. The molecule has 44 heavy (non-hydrogen) atoms. The Morgan fingerprint density at radius 3 is 1.93 bits per heavy atom. The molecule has 5 rings (SSSR count). The first-order chi connectivity index (χ1) is 21.1.